The lowest BCUT2D eigenvalue weighted by atomic mass is 10.2. The Morgan fingerprint density at radius 3 is 3.19 bits per heavy atom. The molecule has 0 radical (unpaired) electrons. The van der Waals surface area contributed by atoms with Crippen LogP contribution in [0.3, 0.4) is 0 Å². The number of anilines is 1. The van der Waals surface area contributed by atoms with Crippen LogP contribution in [0.25, 0.3) is 0 Å². The molecule has 4 heteroatoms. The van der Waals surface area contributed by atoms with E-state index in [2.05, 4.69) is 37.9 Å². The third-order valence-corrected chi connectivity index (χ3v) is 3.62. The topological polar surface area (TPSA) is 29.9 Å². The lowest BCUT2D eigenvalue weighted by Gasteiger charge is -2.07. The van der Waals surface area contributed by atoms with Crippen LogP contribution in [0, 0.1) is 0 Å². The van der Waals surface area contributed by atoms with Gasteiger partial charge in [-0.1, -0.05) is 0 Å². The van der Waals surface area contributed by atoms with Crippen LogP contribution < -0.4 is 5.32 Å². The minimum atomic E-state index is 0.700. The molecule has 2 aromatic heterocycles. The third-order valence-electron chi connectivity index (χ3n) is 2.89. The molecular weight excluding hydrogens is 218 g/mol. The van der Waals surface area contributed by atoms with Gasteiger partial charge in [-0.25, -0.2) is 4.98 Å². The van der Waals surface area contributed by atoms with E-state index in [9.17, 15) is 0 Å². The fraction of sp³-hybridized carbons (Fsp3) is 0.417. The Morgan fingerprint density at radius 1 is 1.50 bits per heavy atom. The molecule has 3 rings (SSSR count). The monoisotopic (exact) mass is 233 g/mol. The molecule has 84 valence electrons. The average molecular weight is 233 g/mol. The van der Waals surface area contributed by atoms with Crippen molar-refractivity contribution in [1.82, 2.24) is 9.55 Å². The fourth-order valence-corrected chi connectivity index (χ4v) is 2.55. The van der Waals surface area contributed by atoms with E-state index in [1.807, 2.05) is 6.20 Å². The van der Waals surface area contributed by atoms with Crippen LogP contribution >= 0.6 is 11.3 Å². The highest BCUT2D eigenvalue weighted by Gasteiger charge is 2.25. The van der Waals surface area contributed by atoms with Gasteiger partial charge in [0.05, 0.1) is 0 Å². The van der Waals surface area contributed by atoms with Crippen molar-refractivity contribution in [3.05, 3.63) is 34.8 Å². The number of nitrogens with zero attached hydrogens (tertiary/aromatic N) is 2. The molecule has 2 heterocycles. The van der Waals surface area contributed by atoms with Crippen molar-refractivity contribution in [3.8, 4) is 0 Å². The second-order valence-electron chi connectivity index (χ2n) is 4.20. The molecule has 0 saturated heterocycles. The first kappa shape index (κ1) is 9.90. The van der Waals surface area contributed by atoms with Gasteiger partial charge in [0.1, 0.15) is 0 Å². The lowest BCUT2D eigenvalue weighted by molar-refractivity contribution is 0.742. The van der Waals surface area contributed by atoms with E-state index in [0.29, 0.717) is 6.04 Å². The zero-order valence-corrected chi connectivity index (χ0v) is 9.91. The number of aromatic nitrogens is 2. The Hall–Kier alpha value is -1.29. The Balaban J connectivity index is 1.56. The van der Waals surface area contributed by atoms with Crippen molar-refractivity contribution < 1.29 is 0 Å². The number of rotatable bonds is 5. The highest BCUT2D eigenvalue weighted by molar-refractivity contribution is 7.07. The summed E-state index contributed by atoms with van der Waals surface area (Å²) in [6.45, 7) is 0.959. The summed E-state index contributed by atoms with van der Waals surface area (Å²) >= 11 is 1.76. The molecule has 1 aliphatic carbocycles. The normalized spacial score (nSPS) is 15.2. The standard InChI is InChI=1S/C12H15N3S/c1-2-11(1)15-7-6-14-12(15)13-5-3-10-4-8-16-9-10/h4,6-9,11H,1-3,5H2,(H,13,14). The summed E-state index contributed by atoms with van der Waals surface area (Å²) in [6, 6.07) is 2.88. The molecule has 16 heavy (non-hydrogen) atoms. The summed E-state index contributed by atoms with van der Waals surface area (Å²) in [4.78, 5) is 4.35. The first-order chi connectivity index (χ1) is 7.93. The second kappa shape index (κ2) is 4.29. The smallest absolute Gasteiger partial charge is 0.203 e. The quantitative estimate of drug-likeness (QED) is 0.860. The Morgan fingerprint density at radius 2 is 2.44 bits per heavy atom. The number of nitrogens with one attached hydrogen (secondary N) is 1. The first-order valence-corrected chi connectivity index (χ1v) is 6.65. The average Bonchev–Trinajstić information content (AvgIpc) is 2.82. The van der Waals surface area contributed by atoms with Crippen LogP contribution in [0.5, 0.6) is 0 Å². The van der Waals surface area contributed by atoms with E-state index in [1.54, 1.807) is 11.3 Å². The van der Waals surface area contributed by atoms with E-state index in [1.165, 1.54) is 18.4 Å². The van der Waals surface area contributed by atoms with Gasteiger partial charge in [0.2, 0.25) is 5.95 Å². The Bertz CT molecular complexity index is 443. The van der Waals surface area contributed by atoms with E-state index in [-0.39, 0.29) is 0 Å². The van der Waals surface area contributed by atoms with Crippen LogP contribution in [-0.2, 0) is 6.42 Å². The van der Waals surface area contributed by atoms with Gasteiger partial charge in [0.25, 0.3) is 0 Å². The summed E-state index contributed by atoms with van der Waals surface area (Å²) in [6.07, 6.45) is 7.63. The van der Waals surface area contributed by atoms with Gasteiger partial charge < -0.3 is 9.88 Å². The van der Waals surface area contributed by atoms with E-state index < -0.39 is 0 Å². The minimum absolute atomic E-state index is 0.700. The van der Waals surface area contributed by atoms with E-state index >= 15 is 0 Å². The van der Waals surface area contributed by atoms with Crippen molar-refractivity contribution in [2.24, 2.45) is 0 Å². The molecule has 0 bridgehead atoms. The molecule has 0 spiro atoms. The van der Waals surface area contributed by atoms with Crippen LogP contribution in [0.1, 0.15) is 24.4 Å². The zero-order valence-electron chi connectivity index (χ0n) is 9.10. The molecule has 0 unspecified atom stereocenters. The van der Waals surface area contributed by atoms with Crippen molar-refractivity contribution >= 4 is 17.3 Å². The number of imidazole rings is 1. The van der Waals surface area contributed by atoms with Crippen molar-refractivity contribution in [2.45, 2.75) is 25.3 Å². The summed E-state index contributed by atoms with van der Waals surface area (Å²) in [5, 5.41) is 7.74. The number of thiophene rings is 1. The molecule has 3 nitrogen and oxygen atoms in total. The van der Waals surface area contributed by atoms with E-state index in [4.69, 9.17) is 0 Å². The van der Waals surface area contributed by atoms with Crippen LogP contribution in [0.2, 0.25) is 0 Å². The second-order valence-corrected chi connectivity index (χ2v) is 4.98. The molecule has 0 aliphatic heterocycles. The van der Waals surface area contributed by atoms with Crippen molar-refractivity contribution in [2.75, 3.05) is 11.9 Å². The summed E-state index contributed by atoms with van der Waals surface area (Å²) in [5.74, 6) is 1.03. The van der Waals surface area contributed by atoms with Gasteiger partial charge in [-0.05, 0) is 41.7 Å². The molecule has 1 aliphatic rings. The zero-order chi connectivity index (χ0) is 10.8. The SMILES string of the molecule is c1cn(C2CC2)c(NCCc2ccsc2)n1. The molecular formula is C12H15N3S. The fourth-order valence-electron chi connectivity index (χ4n) is 1.85. The Labute approximate surface area is 99.1 Å². The largest absolute Gasteiger partial charge is 0.355 e. The number of hydrogen-bond donors (Lipinski definition) is 1. The predicted molar refractivity (Wildman–Crippen MR) is 67.0 cm³/mol. The van der Waals surface area contributed by atoms with Crippen molar-refractivity contribution in [3.63, 3.8) is 0 Å². The van der Waals surface area contributed by atoms with Gasteiger partial charge >= 0.3 is 0 Å². The molecule has 1 N–H and O–H groups in total. The van der Waals surface area contributed by atoms with Crippen LogP contribution in [0.15, 0.2) is 29.2 Å². The van der Waals surface area contributed by atoms with Crippen LogP contribution in [-0.4, -0.2) is 16.1 Å². The summed E-state index contributed by atoms with van der Waals surface area (Å²) in [5.41, 5.74) is 1.40. The first-order valence-electron chi connectivity index (χ1n) is 5.71. The minimum Gasteiger partial charge on any atom is -0.355 e. The summed E-state index contributed by atoms with van der Waals surface area (Å²) < 4.78 is 2.26. The van der Waals surface area contributed by atoms with Crippen LogP contribution in [0.4, 0.5) is 5.95 Å². The molecule has 0 aromatic carbocycles. The maximum atomic E-state index is 4.35. The summed E-state index contributed by atoms with van der Waals surface area (Å²) in [7, 11) is 0. The third kappa shape index (κ3) is 2.11. The maximum absolute atomic E-state index is 4.35. The highest BCUT2D eigenvalue weighted by Crippen LogP contribution is 2.36. The Kier molecular flexibility index (Phi) is 2.66. The van der Waals surface area contributed by atoms with E-state index in [0.717, 1.165) is 18.9 Å². The molecule has 1 saturated carbocycles. The molecule has 0 atom stereocenters. The van der Waals surface area contributed by atoms with Gasteiger partial charge in [0.15, 0.2) is 0 Å². The molecule has 0 amide bonds. The van der Waals surface area contributed by atoms with Gasteiger partial charge in [0, 0.05) is 25.0 Å². The number of hydrogen-bond acceptors (Lipinski definition) is 3. The van der Waals surface area contributed by atoms with Gasteiger partial charge in [-0.2, -0.15) is 11.3 Å². The highest BCUT2D eigenvalue weighted by atomic mass is 32.1. The van der Waals surface area contributed by atoms with Gasteiger partial charge in [-0.3, -0.25) is 0 Å². The maximum Gasteiger partial charge on any atom is 0.203 e. The lowest BCUT2D eigenvalue weighted by Crippen LogP contribution is -2.09. The molecule has 2 aromatic rings. The van der Waals surface area contributed by atoms with Crippen molar-refractivity contribution in [1.29, 1.82) is 0 Å². The molecule has 1 fully saturated rings. The predicted octanol–water partition coefficient (Wildman–Crippen LogP) is 2.93. The van der Waals surface area contributed by atoms with Gasteiger partial charge in [-0.15, -0.1) is 0 Å².